The smallest absolute Gasteiger partial charge is 0.201 e. The SMILES string of the molecule is CCCC(=O)C1C=CC(F)(N2CCC3(CC(O)c4cc(C)ccc43)C2)C=C1. The Kier molecular flexibility index (Phi) is 4.59. The molecule has 1 heterocycles. The predicted molar refractivity (Wildman–Crippen MR) is 104 cm³/mol. The number of alkyl halides is 1. The first-order chi connectivity index (χ1) is 12.9. The van der Waals surface area contributed by atoms with Crippen LogP contribution < -0.4 is 0 Å². The van der Waals surface area contributed by atoms with Crippen LogP contribution in [-0.2, 0) is 10.2 Å². The van der Waals surface area contributed by atoms with E-state index in [9.17, 15) is 9.90 Å². The van der Waals surface area contributed by atoms with Gasteiger partial charge in [-0.15, -0.1) is 0 Å². The van der Waals surface area contributed by atoms with Crippen LogP contribution in [0.4, 0.5) is 4.39 Å². The van der Waals surface area contributed by atoms with Gasteiger partial charge in [-0.1, -0.05) is 42.8 Å². The van der Waals surface area contributed by atoms with Crippen molar-refractivity contribution in [2.24, 2.45) is 5.92 Å². The highest BCUT2D eigenvalue weighted by Gasteiger charge is 2.51. The highest BCUT2D eigenvalue weighted by Crippen LogP contribution is 2.51. The van der Waals surface area contributed by atoms with E-state index in [0.29, 0.717) is 25.9 Å². The molecule has 1 saturated heterocycles. The van der Waals surface area contributed by atoms with Gasteiger partial charge in [0.05, 0.1) is 12.0 Å². The Morgan fingerprint density at radius 2 is 2.07 bits per heavy atom. The molecule has 3 nitrogen and oxygen atoms in total. The topological polar surface area (TPSA) is 40.5 Å². The lowest BCUT2D eigenvalue weighted by Crippen LogP contribution is -2.43. The number of Topliss-reactive ketones (excluding diaryl/α,β-unsaturated/α-hetero) is 1. The van der Waals surface area contributed by atoms with E-state index in [1.807, 2.05) is 18.7 Å². The summed E-state index contributed by atoms with van der Waals surface area (Å²) < 4.78 is 15.7. The maximum atomic E-state index is 15.7. The van der Waals surface area contributed by atoms with Crippen molar-refractivity contribution >= 4 is 5.78 Å². The van der Waals surface area contributed by atoms with Gasteiger partial charge < -0.3 is 5.11 Å². The number of nitrogens with zero attached hydrogens (tertiary/aromatic N) is 1. The molecule has 1 aliphatic heterocycles. The van der Waals surface area contributed by atoms with Gasteiger partial charge in [0.25, 0.3) is 0 Å². The zero-order valence-corrected chi connectivity index (χ0v) is 16.1. The van der Waals surface area contributed by atoms with Crippen molar-refractivity contribution in [3.8, 4) is 0 Å². The van der Waals surface area contributed by atoms with Crippen molar-refractivity contribution in [3.63, 3.8) is 0 Å². The molecule has 2 atom stereocenters. The lowest BCUT2D eigenvalue weighted by atomic mass is 9.81. The molecule has 2 unspecified atom stereocenters. The summed E-state index contributed by atoms with van der Waals surface area (Å²) in [5.74, 6) is -1.80. The van der Waals surface area contributed by atoms with E-state index >= 15 is 4.39 Å². The molecule has 1 N–H and O–H groups in total. The van der Waals surface area contributed by atoms with E-state index in [0.717, 1.165) is 24.0 Å². The van der Waals surface area contributed by atoms with E-state index in [-0.39, 0.29) is 17.1 Å². The van der Waals surface area contributed by atoms with Gasteiger partial charge in [-0.3, -0.25) is 9.69 Å². The van der Waals surface area contributed by atoms with E-state index < -0.39 is 11.9 Å². The quantitative estimate of drug-likeness (QED) is 0.640. The second kappa shape index (κ2) is 6.68. The molecule has 144 valence electrons. The van der Waals surface area contributed by atoms with E-state index in [4.69, 9.17) is 0 Å². The number of aliphatic hydroxyl groups excluding tert-OH is 1. The largest absolute Gasteiger partial charge is 0.388 e. The average molecular weight is 369 g/mol. The van der Waals surface area contributed by atoms with Gasteiger partial charge in [-0.25, -0.2) is 4.39 Å². The van der Waals surface area contributed by atoms with Gasteiger partial charge in [0.2, 0.25) is 5.79 Å². The Morgan fingerprint density at radius 1 is 1.33 bits per heavy atom. The van der Waals surface area contributed by atoms with Crippen molar-refractivity contribution in [2.45, 2.75) is 56.8 Å². The number of fused-ring (bicyclic) bond motifs is 2. The summed E-state index contributed by atoms with van der Waals surface area (Å²) in [6.45, 7) is 5.23. The fourth-order valence-electron chi connectivity index (χ4n) is 5.02. The number of ketones is 1. The Balaban J connectivity index is 1.54. The molecule has 0 bridgehead atoms. The number of aryl methyl sites for hydroxylation is 1. The number of carbonyl (C=O) groups is 1. The Hall–Kier alpha value is -1.78. The fraction of sp³-hybridized carbons (Fsp3) is 0.522. The van der Waals surface area contributed by atoms with Gasteiger partial charge in [-0.05, 0) is 49.5 Å². The molecule has 2 aliphatic carbocycles. The minimum atomic E-state index is -1.65. The van der Waals surface area contributed by atoms with Gasteiger partial charge in [0, 0.05) is 24.9 Å². The minimum Gasteiger partial charge on any atom is -0.388 e. The summed E-state index contributed by atoms with van der Waals surface area (Å²) in [5, 5.41) is 10.6. The van der Waals surface area contributed by atoms with Crippen LogP contribution >= 0.6 is 0 Å². The number of hydrogen-bond donors (Lipinski definition) is 1. The Bertz CT molecular complexity index is 801. The van der Waals surface area contributed by atoms with Gasteiger partial charge in [-0.2, -0.15) is 0 Å². The first kappa shape index (κ1) is 18.6. The van der Waals surface area contributed by atoms with E-state index in [1.54, 1.807) is 24.3 Å². The van der Waals surface area contributed by atoms with Crippen LogP contribution in [0.2, 0.25) is 0 Å². The second-order valence-electron chi connectivity index (χ2n) is 8.45. The zero-order chi connectivity index (χ0) is 19.2. The number of likely N-dealkylation sites (tertiary alicyclic amines) is 1. The molecule has 1 aromatic carbocycles. The molecule has 0 aromatic heterocycles. The molecule has 3 aliphatic rings. The number of aliphatic hydroxyl groups is 1. The number of halogens is 1. The maximum Gasteiger partial charge on any atom is 0.201 e. The van der Waals surface area contributed by atoms with Gasteiger partial charge >= 0.3 is 0 Å². The molecule has 0 saturated carbocycles. The molecule has 1 spiro atoms. The summed E-state index contributed by atoms with van der Waals surface area (Å²) >= 11 is 0. The third kappa shape index (κ3) is 3.09. The summed E-state index contributed by atoms with van der Waals surface area (Å²) in [6.07, 6.45) is 8.89. The lowest BCUT2D eigenvalue weighted by Gasteiger charge is -2.34. The van der Waals surface area contributed by atoms with Crippen LogP contribution in [0.3, 0.4) is 0 Å². The fourth-order valence-corrected chi connectivity index (χ4v) is 5.02. The lowest BCUT2D eigenvalue weighted by molar-refractivity contribution is -0.120. The number of rotatable bonds is 4. The van der Waals surface area contributed by atoms with Crippen molar-refractivity contribution < 1.29 is 14.3 Å². The Morgan fingerprint density at radius 3 is 2.78 bits per heavy atom. The average Bonchev–Trinajstić information content (AvgIpc) is 3.18. The number of carbonyl (C=O) groups excluding carboxylic acids is 1. The molecular weight excluding hydrogens is 341 g/mol. The predicted octanol–water partition coefficient (Wildman–Crippen LogP) is 4.15. The summed E-state index contributed by atoms with van der Waals surface area (Å²) in [5.41, 5.74) is 3.14. The maximum absolute atomic E-state index is 15.7. The van der Waals surface area contributed by atoms with Crippen molar-refractivity contribution in [2.75, 3.05) is 13.1 Å². The molecular formula is C23H28FNO2. The molecule has 0 radical (unpaired) electrons. The van der Waals surface area contributed by atoms with Crippen LogP contribution in [-0.4, -0.2) is 34.7 Å². The molecule has 4 heteroatoms. The highest BCUT2D eigenvalue weighted by molar-refractivity contribution is 5.84. The van der Waals surface area contributed by atoms with Crippen LogP contribution in [0.15, 0.2) is 42.5 Å². The van der Waals surface area contributed by atoms with Crippen LogP contribution in [0.25, 0.3) is 0 Å². The van der Waals surface area contributed by atoms with Crippen LogP contribution in [0, 0.1) is 12.8 Å². The van der Waals surface area contributed by atoms with E-state index in [1.165, 1.54) is 5.56 Å². The second-order valence-corrected chi connectivity index (χ2v) is 8.45. The number of benzene rings is 1. The summed E-state index contributed by atoms with van der Waals surface area (Å²) in [6, 6.07) is 6.26. The normalized spacial score (nSPS) is 35.1. The highest BCUT2D eigenvalue weighted by atomic mass is 19.1. The minimum absolute atomic E-state index is 0.146. The molecule has 1 fully saturated rings. The van der Waals surface area contributed by atoms with E-state index in [2.05, 4.69) is 18.2 Å². The molecule has 27 heavy (non-hydrogen) atoms. The number of allylic oxidation sites excluding steroid dienone is 2. The van der Waals surface area contributed by atoms with Gasteiger partial charge in [0.15, 0.2) is 0 Å². The third-order valence-corrected chi connectivity index (χ3v) is 6.50. The molecule has 0 amide bonds. The summed E-state index contributed by atoms with van der Waals surface area (Å²) in [4.78, 5) is 13.9. The van der Waals surface area contributed by atoms with Crippen LogP contribution in [0.1, 0.15) is 55.4 Å². The summed E-state index contributed by atoms with van der Waals surface area (Å²) in [7, 11) is 0. The molecule has 1 aromatic rings. The van der Waals surface area contributed by atoms with Gasteiger partial charge in [0.1, 0.15) is 5.78 Å². The standard InChI is InChI=1S/C23H28FNO2/c1-3-4-20(26)17-7-9-23(24,10-8-17)25-12-11-22(15-25)14-21(27)18-13-16(2)5-6-19(18)22/h5-10,13,17,21,27H,3-4,11-12,14-15H2,1-2H3. The van der Waals surface area contributed by atoms with Crippen molar-refractivity contribution in [1.29, 1.82) is 0 Å². The molecule has 4 rings (SSSR count). The zero-order valence-electron chi connectivity index (χ0n) is 16.1. The monoisotopic (exact) mass is 369 g/mol. The first-order valence-corrected chi connectivity index (χ1v) is 10.0. The van der Waals surface area contributed by atoms with Crippen LogP contribution in [0.5, 0.6) is 0 Å². The Labute approximate surface area is 160 Å². The third-order valence-electron chi connectivity index (χ3n) is 6.50. The van der Waals surface area contributed by atoms with Crippen molar-refractivity contribution in [1.82, 2.24) is 4.90 Å². The van der Waals surface area contributed by atoms with Crippen molar-refractivity contribution in [3.05, 3.63) is 59.2 Å². The first-order valence-electron chi connectivity index (χ1n) is 10.0. The number of hydrogen-bond acceptors (Lipinski definition) is 3.